The van der Waals surface area contributed by atoms with Crippen molar-refractivity contribution in [3.63, 3.8) is 0 Å². The monoisotopic (exact) mass is 350 g/mol. The zero-order valence-electron chi connectivity index (χ0n) is 11.5. The maximum absolute atomic E-state index is 6.15. The molecular formula is C14H20BrClO3. The third-order valence-corrected chi connectivity index (χ3v) is 3.24. The first-order chi connectivity index (χ1) is 9.08. The van der Waals surface area contributed by atoms with Gasteiger partial charge in [-0.05, 0) is 38.5 Å². The lowest BCUT2D eigenvalue weighted by Gasteiger charge is -2.18. The van der Waals surface area contributed by atoms with Crippen LogP contribution in [0.5, 0.6) is 5.75 Å². The fraction of sp³-hybridized carbons (Fsp3) is 0.571. The quantitative estimate of drug-likeness (QED) is 0.642. The molecule has 0 N–H and O–H groups in total. The molecule has 0 saturated carbocycles. The second-order valence-electron chi connectivity index (χ2n) is 4.01. The number of rotatable bonds is 8. The van der Waals surface area contributed by atoms with Crippen molar-refractivity contribution in [2.24, 2.45) is 0 Å². The Morgan fingerprint density at radius 3 is 2.37 bits per heavy atom. The van der Waals surface area contributed by atoms with Crippen LogP contribution in [0.15, 0.2) is 16.6 Å². The molecule has 0 radical (unpaired) electrons. The molecule has 0 aromatic heterocycles. The average Bonchev–Trinajstić information content (AvgIpc) is 2.32. The Labute approximate surface area is 128 Å². The molecule has 5 heteroatoms. The minimum atomic E-state index is -0.218. The highest BCUT2D eigenvalue weighted by Crippen LogP contribution is 2.32. The van der Waals surface area contributed by atoms with Gasteiger partial charge in [-0.25, -0.2) is 0 Å². The smallest absolute Gasteiger partial charge is 0.160 e. The van der Waals surface area contributed by atoms with Crippen molar-refractivity contribution in [1.82, 2.24) is 0 Å². The van der Waals surface area contributed by atoms with Crippen LogP contribution >= 0.6 is 27.5 Å². The lowest BCUT2D eigenvalue weighted by atomic mass is 10.2. The number of aryl methyl sites for hydroxylation is 1. The molecule has 0 aliphatic rings. The molecular weight excluding hydrogens is 332 g/mol. The third-order valence-electron chi connectivity index (χ3n) is 2.50. The van der Waals surface area contributed by atoms with Crippen LogP contribution in [0, 0.1) is 6.92 Å². The van der Waals surface area contributed by atoms with Crippen LogP contribution in [0.3, 0.4) is 0 Å². The van der Waals surface area contributed by atoms with E-state index in [1.165, 1.54) is 0 Å². The Morgan fingerprint density at radius 2 is 1.84 bits per heavy atom. The van der Waals surface area contributed by atoms with Gasteiger partial charge in [-0.1, -0.05) is 27.5 Å². The third kappa shape index (κ3) is 5.69. The van der Waals surface area contributed by atoms with Crippen molar-refractivity contribution in [2.45, 2.75) is 33.5 Å². The summed E-state index contributed by atoms with van der Waals surface area (Å²) in [5, 5.41) is 0.608. The van der Waals surface area contributed by atoms with Crippen molar-refractivity contribution >= 4 is 27.5 Å². The van der Waals surface area contributed by atoms with E-state index in [0.29, 0.717) is 31.3 Å². The lowest BCUT2D eigenvalue weighted by Crippen LogP contribution is -2.20. The summed E-state index contributed by atoms with van der Waals surface area (Å²) >= 11 is 9.55. The molecule has 1 aromatic rings. The molecule has 0 atom stereocenters. The Morgan fingerprint density at radius 1 is 1.21 bits per heavy atom. The van der Waals surface area contributed by atoms with Crippen LogP contribution in [0.25, 0.3) is 0 Å². The first-order valence-electron chi connectivity index (χ1n) is 6.40. The van der Waals surface area contributed by atoms with Gasteiger partial charge in [0.25, 0.3) is 0 Å². The molecule has 108 valence electrons. The van der Waals surface area contributed by atoms with Gasteiger partial charge in [0.05, 0.1) is 11.6 Å². The number of ether oxygens (including phenoxy) is 3. The van der Waals surface area contributed by atoms with E-state index in [-0.39, 0.29) is 6.29 Å². The van der Waals surface area contributed by atoms with Crippen LogP contribution in [0.4, 0.5) is 0 Å². The molecule has 1 rings (SSSR count). The summed E-state index contributed by atoms with van der Waals surface area (Å²) in [5.74, 6) is 0.719. The maximum atomic E-state index is 6.15. The van der Waals surface area contributed by atoms with Gasteiger partial charge in [0.15, 0.2) is 6.29 Å². The van der Waals surface area contributed by atoms with Crippen LogP contribution in [-0.4, -0.2) is 26.1 Å². The Balaban J connectivity index is 2.52. The van der Waals surface area contributed by atoms with Gasteiger partial charge >= 0.3 is 0 Å². The normalized spacial score (nSPS) is 11.1. The number of halogens is 2. The summed E-state index contributed by atoms with van der Waals surface area (Å²) in [6.45, 7) is 7.62. The minimum absolute atomic E-state index is 0.218. The molecule has 3 nitrogen and oxygen atoms in total. The fourth-order valence-electron chi connectivity index (χ4n) is 1.72. The predicted octanol–water partition coefficient (Wildman–Crippen LogP) is 4.58. The Hall–Kier alpha value is -0.290. The van der Waals surface area contributed by atoms with E-state index in [4.69, 9.17) is 25.8 Å². The van der Waals surface area contributed by atoms with Gasteiger partial charge in [0, 0.05) is 24.1 Å². The molecule has 0 heterocycles. The fourth-order valence-corrected chi connectivity index (χ4v) is 2.74. The summed E-state index contributed by atoms with van der Waals surface area (Å²) < 4.78 is 17.6. The topological polar surface area (TPSA) is 27.7 Å². The number of benzene rings is 1. The van der Waals surface area contributed by atoms with Gasteiger partial charge < -0.3 is 14.2 Å². The van der Waals surface area contributed by atoms with E-state index in [1.54, 1.807) is 0 Å². The molecule has 0 saturated heterocycles. The molecule has 0 bridgehead atoms. The standard InChI is InChI=1S/C14H20BrClO3/c1-4-17-13(18-5-2)6-7-19-14-10(3)8-11(15)9-12(14)16/h8-9,13H,4-7H2,1-3H3. The van der Waals surface area contributed by atoms with Crippen molar-refractivity contribution in [2.75, 3.05) is 19.8 Å². The zero-order valence-corrected chi connectivity index (χ0v) is 13.9. The molecule has 0 spiro atoms. The maximum Gasteiger partial charge on any atom is 0.160 e. The first-order valence-corrected chi connectivity index (χ1v) is 7.57. The highest BCUT2D eigenvalue weighted by atomic mass is 79.9. The number of hydrogen-bond donors (Lipinski definition) is 0. The van der Waals surface area contributed by atoms with Gasteiger partial charge in [-0.15, -0.1) is 0 Å². The molecule has 1 aromatic carbocycles. The summed E-state index contributed by atoms with van der Waals surface area (Å²) in [6, 6.07) is 3.80. The van der Waals surface area contributed by atoms with Gasteiger partial charge in [-0.2, -0.15) is 0 Å². The number of hydrogen-bond acceptors (Lipinski definition) is 3. The van der Waals surface area contributed by atoms with Crippen LogP contribution in [0.2, 0.25) is 5.02 Å². The van der Waals surface area contributed by atoms with Crippen LogP contribution in [0.1, 0.15) is 25.8 Å². The van der Waals surface area contributed by atoms with E-state index in [1.807, 2.05) is 32.9 Å². The Bertz CT molecular complexity index is 369. The van der Waals surface area contributed by atoms with Gasteiger partial charge in [0.1, 0.15) is 5.75 Å². The van der Waals surface area contributed by atoms with Crippen LogP contribution in [-0.2, 0) is 9.47 Å². The van der Waals surface area contributed by atoms with E-state index in [0.717, 1.165) is 15.8 Å². The summed E-state index contributed by atoms with van der Waals surface area (Å²) in [6.07, 6.45) is 0.456. The molecule has 19 heavy (non-hydrogen) atoms. The Kier molecular flexibility index (Phi) is 7.76. The highest BCUT2D eigenvalue weighted by Gasteiger charge is 2.11. The van der Waals surface area contributed by atoms with Crippen molar-refractivity contribution in [3.8, 4) is 5.75 Å². The average molecular weight is 352 g/mol. The molecule has 0 aliphatic carbocycles. The predicted molar refractivity (Wildman–Crippen MR) is 81.0 cm³/mol. The molecule has 0 fully saturated rings. The highest BCUT2D eigenvalue weighted by molar-refractivity contribution is 9.10. The first kappa shape index (κ1) is 16.8. The van der Waals surface area contributed by atoms with Crippen LogP contribution < -0.4 is 4.74 Å². The summed E-state index contributed by atoms with van der Waals surface area (Å²) in [7, 11) is 0. The summed E-state index contributed by atoms with van der Waals surface area (Å²) in [4.78, 5) is 0. The van der Waals surface area contributed by atoms with Gasteiger partial charge in [0.2, 0.25) is 0 Å². The lowest BCUT2D eigenvalue weighted by molar-refractivity contribution is -0.142. The molecule has 0 unspecified atom stereocenters. The largest absolute Gasteiger partial charge is 0.492 e. The van der Waals surface area contributed by atoms with Crippen molar-refractivity contribution < 1.29 is 14.2 Å². The van der Waals surface area contributed by atoms with E-state index in [9.17, 15) is 0 Å². The van der Waals surface area contributed by atoms with E-state index < -0.39 is 0 Å². The van der Waals surface area contributed by atoms with E-state index >= 15 is 0 Å². The SMILES string of the molecule is CCOC(CCOc1c(C)cc(Br)cc1Cl)OCC. The summed E-state index contributed by atoms with van der Waals surface area (Å²) in [5.41, 5.74) is 1.00. The zero-order chi connectivity index (χ0) is 14.3. The molecule has 0 aliphatic heterocycles. The van der Waals surface area contributed by atoms with Crippen molar-refractivity contribution in [1.29, 1.82) is 0 Å². The second kappa shape index (κ2) is 8.80. The van der Waals surface area contributed by atoms with E-state index in [2.05, 4.69) is 15.9 Å². The minimum Gasteiger partial charge on any atom is -0.492 e. The van der Waals surface area contributed by atoms with Crippen molar-refractivity contribution in [3.05, 3.63) is 27.2 Å². The second-order valence-corrected chi connectivity index (χ2v) is 5.33. The van der Waals surface area contributed by atoms with Gasteiger partial charge in [-0.3, -0.25) is 0 Å². The molecule has 0 amide bonds.